The molecule has 0 heterocycles. The van der Waals surface area contributed by atoms with Crippen molar-refractivity contribution in [3.8, 4) is 0 Å². The van der Waals surface area contributed by atoms with Crippen LogP contribution in [0.5, 0.6) is 0 Å². The van der Waals surface area contributed by atoms with Crippen LogP contribution < -0.4 is 10.5 Å². The second kappa shape index (κ2) is 5.48. The molecule has 1 aromatic carbocycles. The number of hydrogen-bond acceptors (Lipinski definition) is 4. The molecule has 0 amide bonds. The van der Waals surface area contributed by atoms with Gasteiger partial charge in [-0.15, -0.1) is 0 Å². The third-order valence-corrected chi connectivity index (χ3v) is 5.12. The summed E-state index contributed by atoms with van der Waals surface area (Å²) < 4.78 is 27.2. The Hall–Kier alpha value is -1.11. The molecule has 6 heteroatoms. The van der Waals surface area contributed by atoms with Gasteiger partial charge < -0.3 is 10.8 Å². The summed E-state index contributed by atoms with van der Waals surface area (Å²) >= 11 is 0. The van der Waals surface area contributed by atoms with Crippen molar-refractivity contribution in [1.82, 2.24) is 4.72 Å². The minimum absolute atomic E-state index is 0.0590. The van der Waals surface area contributed by atoms with Gasteiger partial charge in [-0.2, -0.15) is 0 Å². The highest BCUT2D eigenvalue weighted by Crippen LogP contribution is 2.24. The van der Waals surface area contributed by atoms with Crippen LogP contribution in [0, 0.1) is 13.8 Å². The van der Waals surface area contributed by atoms with Crippen LogP contribution in [0.25, 0.3) is 0 Å². The number of nitrogen functional groups attached to an aromatic ring is 1. The molecule has 0 saturated carbocycles. The molecule has 0 aliphatic carbocycles. The summed E-state index contributed by atoms with van der Waals surface area (Å²) in [5, 5.41) is 9.31. The number of aliphatic hydroxyl groups excluding tert-OH is 1. The normalized spacial score (nSPS) is 15.2. The average Bonchev–Trinajstić information content (AvgIpc) is 2.33. The zero-order chi connectivity index (χ0) is 14.8. The standard InChI is InChI=1S/C13H22N2O3S/c1-5-13(4,8-16)15-19(17,18)12-7-10(3)9(2)6-11(12)14/h6-7,15-16H,5,8,14H2,1-4H3. The summed E-state index contributed by atoms with van der Waals surface area (Å²) in [6.07, 6.45) is 0.480. The van der Waals surface area contributed by atoms with E-state index in [1.807, 2.05) is 20.8 Å². The van der Waals surface area contributed by atoms with Gasteiger partial charge >= 0.3 is 0 Å². The third-order valence-electron chi connectivity index (χ3n) is 3.43. The maximum Gasteiger partial charge on any atom is 0.243 e. The molecule has 0 radical (unpaired) electrons. The van der Waals surface area contributed by atoms with E-state index in [2.05, 4.69) is 4.72 Å². The fourth-order valence-corrected chi connectivity index (χ4v) is 3.31. The number of nitrogens with one attached hydrogen (secondary N) is 1. The highest BCUT2D eigenvalue weighted by Gasteiger charge is 2.29. The summed E-state index contributed by atoms with van der Waals surface area (Å²) in [5.41, 5.74) is 6.93. The van der Waals surface area contributed by atoms with Crippen LogP contribution in [0.3, 0.4) is 0 Å². The van der Waals surface area contributed by atoms with Gasteiger partial charge in [-0.3, -0.25) is 0 Å². The molecular formula is C13H22N2O3S. The Kier molecular flexibility index (Phi) is 4.60. The van der Waals surface area contributed by atoms with Crippen LogP contribution in [0.2, 0.25) is 0 Å². The van der Waals surface area contributed by atoms with Gasteiger partial charge in [0, 0.05) is 0 Å². The van der Waals surface area contributed by atoms with E-state index in [4.69, 9.17) is 5.73 Å². The van der Waals surface area contributed by atoms with Gasteiger partial charge in [0.1, 0.15) is 4.90 Å². The molecule has 0 aromatic heterocycles. The zero-order valence-electron chi connectivity index (χ0n) is 11.8. The highest BCUT2D eigenvalue weighted by atomic mass is 32.2. The van der Waals surface area contributed by atoms with Crippen molar-refractivity contribution >= 4 is 15.7 Å². The summed E-state index contributed by atoms with van der Waals surface area (Å²) in [7, 11) is -3.75. The lowest BCUT2D eigenvalue weighted by Gasteiger charge is -2.27. The van der Waals surface area contributed by atoms with E-state index in [1.165, 1.54) is 0 Å². The summed E-state index contributed by atoms with van der Waals surface area (Å²) in [6.45, 7) is 6.90. The summed E-state index contributed by atoms with van der Waals surface area (Å²) in [4.78, 5) is 0.0590. The van der Waals surface area contributed by atoms with Crippen molar-refractivity contribution in [1.29, 1.82) is 0 Å². The molecule has 1 aromatic rings. The molecule has 0 aliphatic rings. The van der Waals surface area contributed by atoms with Crippen molar-refractivity contribution in [2.45, 2.75) is 44.6 Å². The van der Waals surface area contributed by atoms with Crippen LogP contribution >= 0.6 is 0 Å². The van der Waals surface area contributed by atoms with Crippen LogP contribution in [0.15, 0.2) is 17.0 Å². The first-order valence-corrected chi connectivity index (χ1v) is 7.65. The topological polar surface area (TPSA) is 92.4 Å². The molecule has 5 nitrogen and oxygen atoms in total. The number of benzene rings is 1. The molecule has 4 N–H and O–H groups in total. The van der Waals surface area contributed by atoms with Crippen LogP contribution in [0.1, 0.15) is 31.4 Å². The third kappa shape index (κ3) is 3.46. The van der Waals surface area contributed by atoms with E-state index in [9.17, 15) is 13.5 Å². The Morgan fingerprint density at radius 1 is 1.32 bits per heavy atom. The number of rotatable bonds is 5. The minimum atomic E-state index is -3.75. The van der Waals surface area contributed by atoms with Gasteiger partial charge in [0.2, 0.25) is 10.0 Å². The van der Waals surface area contributed by atoms with Crippen LogP contribution in [-0.4, -0.2) is 25.7 Å². The smallest absolute Gasteiger partial charge is 0.243 e. The Balaban J connectivity index is 3.25. The van der Waals surface area contributed by atoms with Crippen molar-refractivity contribution in [3.05, 3.63) is 23.3 Å². The average molecular weight is 286 g/mol. The van der Waals surface area contributed by atoms with Crippen molar-refractivity contribution in [2.75, 3.05) is 12.3 Å². The fraction of sp³-hybridized carbons (Fsp3) is 0.538. The lowest BCUT2D eigenvalue weighted by molar-refractivity contribution is 0.191. The van der Waals surface area contributed by atoms with E-state index in [-0.39, 0.29) is 17.2 Å². The molecule has 0 bridgehead atoms. The van der Waals surface area contributed by atoms with Gasteiger partial charge in [-0.1, -0.05) is 6.92 Å². The SMILES string of the molecule is CCC(C)(CO)NS(=O)(=O)c1cc(C)c(C)cc1N. The maximum absolute atomic E-state index is 12.3. The first kappa shape index (κ1) is 15.9. The molecule has 0 aliphatic heterocycles. The predicted molar refractivity (Wildman–Crippen MR) is 76.4 cm³/mol. The number of aryl methyl sites for hydroxylation is 2. The van der Waals surface area contributed by atoms with Crippen molar-refractivity contribution in [2.24, 2.45) is 0 Å². The predicted octanol–water partition coefficient (Wildman–Crippen LogP) is 1.32. The maximum atomic E-state index is 12.3. The molecule has 108 valence electrons. The van der Waals surface area contributed by atoms with E-state index in [1.54, 1.807) is 19.1 Å². The summed E-state index contributed by atoms with van der Waals surface area (Å²) in [5.74, 6) is 0. The van der Waals surface area contributed by atoms with E-state index < -0.39 is 15.6 Å². The monoisotopic (exact) mass is 286 g/mol. The minimum Gasteiger partial charge on any atom is -0.398 e. The second-order valence-electron chi connectivity index (χ2n) is 5.15. The largest absolute Gasteiger partial charge is 0.398 e. The number of aliphatic hydroxyl groups is 1. The molecular weight excluding hydrogens is 264 g/mol. The number of nitrogens with two attached hydrogens (primary N) is 1. The molecule has 19 heavy (non-hydrogen) atoms. The molecule has 0 spiro atoms. The van der Waals surface area contributed by atoms with Gasteiger partial charge in [-0.05, 0) is 50.5 Å². The van der Waals surface area contributed by atoms with Crippen LogP contribution in [-0.2, 0) is 10.0 Å². The van der Waals surface area contributed by atoms with Gasteiger partial charge in [-0.25, -0.2) is 13.1 Å². The van der Waals surface area contributed by atoms with Gasteiger partial charge in [0.05, 0.1) is 17.8 Å². The zero-order valence-corrected chi connectivity index (χ0v) is 12.6. The molecule has 1 rings (SSSR count). The van der Waals surface area contributed by atoms with Gasteiger partial charge in [0.25, 0.3) is 0 Å². The van der Waals surface area contributed by atoms with Crippen molar-refractivity contribution < 1.29 is 13.5 Å². The lowest BCUT2D eigenvalue weighted by Crippen LogP contribution is -2.48. The first-order chi connectivity index (χ1) is 8.65. The van der Waals surface area contributed by atoms with E-state index in [0.717, 1.165) is 11.1 Å². The first-order valence-electron chi connectivity index (χ1n) is 6.17. The van der Waals surface area contributed by atoms with Crippen LogP contribution in [0.4, 0.5) is 5.69 Å². The second-order valence-corrected chi connectivity index (χ2v) is 6.80. The quantitative estimate of drug-likeness (QED) is 0.712. The summed E-state index contributed by atoms with van der Waals surface area (Å²) in [6, 6.07) is 3.20. The molecule has 0 saturated heterocycles. The van der Waals surface area contributed by atoms with Crippen molar-refractivity contribution in [3.63, 3.8) is 0 Å². The Morgan fingerprint density at radius 3 is 2.32 bits per heavy atom. The van der Waals surface area contributed by atoms with E-state index in [0.29, 0.717) is 6.42 Å². The number of anilines is 1. The number of sulfonamides is 1. The molecule has 1 unspecified atom stereocenters. The lowest BCUT2D eigenvalue weighted by atomic mass is 10.0. The fourth-order valence-electron chi connectivity index (χ4n) is 1.64. The molecule has 0 fully saturated rings. The Bertz CT molecular complexity index is 563. The Morgan fingerprint density at radius 2 is 1.84 bits per heavy atom. The Labute approximate surface area is 114 Å². The number of hydrogen-bond donors (Lipinski definition) is 3. The molecule has 1 atom stereocenters. The van der Waals surface area contributed by atoms with Gasteiger partial charge in [0.15, 0.2) is 0 Å². The van der Waals surface area contributed by atoms with E-state index >= 15 is 0 Å². The highest BCUT2D eigenvalue weighted by molar-refractivity contribution is 7.89.